The highest BCUT2D eigenvalue weighted by Crippen LogP contribution is 2.41. The zero-order valence-electron chi connectivity index (χ0n) is 47.1. The molecule has 4 atom stereocenters. The molecule has 7 amide bonds. The third-order valence-corrected chi connectivity index (χ3v) is 15.3. The molecule has 83 heavy (non-hydrogen) atoms. The molecule has 2 fully saturated rings. The van der Waals surface area contributed by atoms with E-state index in [9.17, 15) is 48.2 Å². The summed E-state index contributed by atoms with van der Waals surface area (Å²) >= 11 is 1.43. The van der Waals surface area contributed by atoms with E-state index < -0.39 is 58.8 Å². The van der Waals surface area contributed by atoms with Gasteiger partial charge < -0.3 is 70.1 Å². The van der Waals surface area contributed by atoms with Gasteiger partial charge in [-0.1, -0.05) is 50.2 Å². The predicted molar refractivity (Wildman–Crippen MR) is 300 cm³/mol. The number of likely N-dealkylation sites (tertiary alicyclic amines) is 1. The molecule has 3 aliphatic rings. The summed E-state index contributed by atoms with van der Waals surface area (Å²) < 4.78 is 43.0. The molecule has 1 saturated heterocycles. The number of β-amino-alcohol motifs (C(OH)–C–C–N with tert-alkyl or cyclic N) is 1. The number of amides is 7. The first-order chi connectivity index (χ1) is 39.6. The van der Waals surface area contributed by atoms with Crippen LogP contribution < -0.4 is 36.1 Å². The van der Waals surface area contributed by atoms with Crippen LogP contribution in [0, 0.1) is 12.3 Å². The zero-order chi connectivity index (χ0) is 59.6. The van der Waals surface area contributed by atoms with Gasteiger partial charge in [-0.15, -0.1) is 11.3 Å². The quantitative estimate of drug-likeness (QED) is 0.0386. The maximum Gasteiger partial charge on any atom is 0.273 e. The first-order valence-corrected chi connectivity index (χ1v) is 28.2. The number of nitrogens with one attached hydrogen (secondary N) is 5. The van der Waals surface area contributed by atoms with Crippen molar-refractivity contribution >= 4 is 52.7 Å². The number of aryl methyl sites for hydroxylation is 2. The molecular weight excluding hydrogens is 1100 g/mol. The molecule has 0 spiro atoms. The number of ether oxygens (including phenoxy) is 4. The SMILES string of the molecule is Cc1ncsc1-c1ccc(CNC(=O)[C@@H]2C[C@@H](O)CN2C(=O)[C@@H](NC(=O)C2(F)CC2)C(C)(C)C)c(OCC(=O)NCCOCCOCCNC(=O)COc2ccc3c(c2)[C@H](NC(=O)c2cc(-c4ccc(C(=O)N(C)C)c(O)c4)on2)CC3)c1. The second-order valence-electron chi connectivity index (χ2n) is 21.9. The molecule has 444 valence electrons. The highest BCUT2D eigenvalue weighted by atomic mass is 32.1. The Morgan fingerprint density at radius 3 is 2.24 bits per heavy atom. The van der Waals surface area contributed by atoms with Crippen molar-refractivity contribution in [2.75, 3.05) is 73.4 Å². The van der Waals surface area contributed by atoms with E-state index in [4.69, 9.17) is 23.5 Å². The fourth-order valence-electron chi connectivity index (χ4n) is 9.49. The van der Waals surface area contributed by atoms with Crippen molar-refractivity contribution in [3.8, 4) is 39.0 Å². The van der Waals surface area contributed by atoms with Gasteiger partial charge in [-0.05, 0) is 85.0 Å². The van der Waals surface area contributed by atoms with Crippen LogP contribution in [0.25, 0.3) is 21.8 Å². The van der Waals surface area contributed by atoms with E-state index in [2.05, 4.69) is 36.7 Å². The summed E-state index contributed by atoms with van der Waals surface area (Å²) in [6, 6.07) is 14.2. The number of phenols is 1. The molecule has 1 aliphatic heterocycles. The number of aromatic nitrogens is 2. The van der Waals surface area contributed by atoms with Crippen molar-refractivity contribution in [2.24, 2.45) is 5.41 Å². The summed E-state index contributed by atoms with van der Waals surface area (Å²) in [7, 11) is 3.16. The smallest absolute Gasteiger partial charge is 0.273 e. The molecule has 3 heterocycles. The second-order valence-corrected chi connectivity index (χ2v) is 22.7. The Balaban J connectivity index is 0.713. The number of hydrogen-bond donors (Lipinski definition) is 7. The van der Waals surface area contributed by atoms with Gasteiger partial charge in [0.25, 0.3) is 29.5 Å². The zero-order valence-corrected chi connectivity index (χ0v) is 48.0. The number of alkyl halides is 1. The number of hydrogen-bond acceptors (Lipinski definition) is 17. The van der Waals surface area contributed by atoms with Gasteiger partial charge in [0.2, 0.25) is 11.8 Å². The van der Waals surface area contributed by atoms with Crippen LogP contribution in [0.15, 0.2) is 70.7 Å². The molecule has 2 aromatic heterocycles. The average molecular weight is 1170 g/mol. The summed E-state index contributed by atoms with van der Waals surface area (Å²) in [6.45, 7) is 7.48. The maximum absolute atomic E-state index is 14.7. The van der Waals surface area contributed by atoms with Crippen LogP contribution in [-0.4, -0.2) is 169 Å². The Morgan fingerprint density at radius 2 is 1.59 bits per heavy atom. The lowest BCUT2D eigenvalue weighted by atomic mass is 9.85. The van der Waals surface area contributed by atoms with E-state index in [1.54, 1.807) is 70.7 Å². The molecule has 23 nitrogen and oxygen atoms in total. The van der Waals surface area contributed by atoms with Crippen LogP contribution in [0.1, 0.15) is 95.7 Å². The van der Waals surface area contributed by atoms with Crippen molar-refractivity contribution in [2.45, 2.75) is 96.2 Å². The van der Waals surface area contributed by atoms with Crippen molar-refractivity contribution in [1.29, 1.82) is 0 Å². The Morgan fingerprint density at radius 1 is 0.892 bits per heavy atom. The van der Waals surface area contributed by atoms with E-state index in [1.807, 2.05) is 19.1 Å². The van der Waals surface area contributed by atoms with Gasteiger partial charge in [-0.25, -0.2) is 9.37 Å². The van der Waals surface area contributed by atoms with E-state index in [1.165, 1.54) is 39.3 Å². The second kappa shape index (κ2) is 26.9. The molecule has 8 rings (SSSR count). The normalized spacial score (nSPS) is 17.2. The number of phenolic OH excluding ortho intramolecular Hbond substituents is 1. The number of aromatic hydroxyl groups is 1. The standard InChI is InChI=1S/C58H70FN9O14S/c1-33-50(83-32-63-33)36-7-8-37(28-62-53(74)44-25-38(69)29-68(44)55(76)51(57(2,3)4)65-56(77)58(59)15-16-58)46(24-36)81-31-49(72)61-18-20-79-22-21-78-19-17-60-48(71)30-80-39-12-9-34-11-14-42(41(34)26-39)64-52(73)43-27-47(82-66-43)35-10-13-40(45(70)23-35)54(75)67(5)6/h7-10,12-13,23-24,26-27,32,38,42,44,51,69-70H,11,14-22,25,28-31H2,1-6H3,(H,60,71)(H,61,72)(H,62,74)(H,64,73)(H,65,77)/t38-,42-,44+,51-/m1/s1. The Bertz CT molecular complexity index is 3190. The van der Waals surface area contributed by atoms with Crippen LogP contribution >= 0.6 is 11.3 Å². The van der Waals surface area contributed by atoms with Gasteiger partial charge in [0.15, 0.2) is 30.3 Å². The minimum atomic E-state index is -2.01. The summed E-state index contributed by atoms with van der Waals surface area (Å²) in [5.41, 5.74) is 3.47. The Kier molecular flexibility index (Phi) is 19.8. The topological polar surface area (TPSA) is 302 Å². The minimum Gasteiger partial charge on any atom is -0.507 e. The fourth-order valence-corrected chi connectivity index (χ4v) is 10.3. The monoisotopic (exact) mass is 1170 g/mol. The number of rotatable bonds is 26. The number of halogens is 1. The molecule has 0 bridgehead atoms. The number of aliphatic hydroxyl groups excluding tert-OH is 1. The first-order valence-electron chi connectivity index (χ1n) is 27.3. The van der Waals surface area contributed by atoms with Crippen LogP contribution in [0.5, 0.6) is 17.2 Å². The van der Waals surface area contributed by atoms with Crippen LogP contribution in [0.3, 0.4) is 0 Å². The average Bonchev–Trinajstić information content (AvgIpc) is 4.19. The molecule has 1 saturated carbocycles. The van der Waals surface area contributed by atoms with E-state index >= 15 is 0 Å². The van der Waals surface area contributed by atoms with Gasteiger partial charge in [0.05, 0.1) is 60.2 Å². The van der Waals surface area contributed by atoms with E-state index in [0.29, 0.717) is 29.0 Å². The highest BCUT2D eigenvalue weighted by Gasteiger charge is 2.53. The molecule has 2 aliphatic carbocycles. The lowest BCUT2D eigenvalue weighted by molar-refractivity contribution is -0.145. The van der Waals surface area contributed by atoms with Crippen molar-refractivity contribution in [3.63, 3.8) is 0 Å². The van der Waals surface area contributed by atoms with Crippen LogP contribution in [0.4, 0.5) is 4.39 Å². The third kappa shape index (κ3) is 15.8. The van der Waals surface area contributed by atoms with Gasteiger partial charge >= 0.3 is 0 Å². The molecular formula is C58H70FN9O14S. The highest BCUT2D eigenvalue weighted by molar-refractivity contribution is 7.13. The number of carbonyl (C=O) groups is 7. The molecule has 25 heteroatoms. The Hall–Kier alpha value is -8.00. The number of nitrogens with zero attached hydrogens (tertiary/aromatic N) is 4. The van der Waals surface area contributed by atoms with Crippen molar-refractivity contribution < 1.29 is 71.6 Å². The number of benzene rings is 3. The number of carbonyl (C=O) groups excluding carboxylic acids is 7. The van der Waals surface area contributed by atoms with Gasteiger partial charge in [-0.2, -0.15) is 0 Å². The number of fused-ring (bicyclic) bond motifs is 1. The van der Waals surface area contributed by atoms with E-state index in [0.717, 1.165) is 33.7 Å². The number of thiazole rings is 1. The van der Waals surface area contributed by atoms with Crippen LogP contribution in [-0.2, 0) is 46.4 Å². The summed E-state index contributed by atoms with van der Waals surface area (Å²) in [5, 5.41) is 38.9. The minimum absolute atomic E-state index is 0.0364. The summed E-state index contributed by atoms with van der Waals surface area (Å²) in [4.78, 5) is 99.3. The van der Waals surface area contributed by atoms with Gasteiger partial charge in [0.1, 0.15) is 29.3 Å². The molecule has 7 N–H and O–H groups in total. The lowest BCUT2D eigenvalue weighted by Gasteiger charge is -2.35. The lowest BCUT2D eigenvalue weighted by Crippen LogP contribution is -2.59. The van der Waals surface area contributed by atoms with E-state index in [-0.39, 0.29) is 126 Å². The van der Waals surface area contributed by atoms with Crippen LogP contribution in [0.2, 0.25) is 0 Å². The summed E-state index contributed by atoms with van der Waals surface area (Å²) in [5.74, 6) is -2.86. The first kappa shape index (κ1) is 61.1. The Labute approximate surface area is 482 Å². The fraction of sp³-hybridized carbons (Fsp3) is 0.466. The van der Waals surface area contributed by atoms with Gasteiger partial charge in [-0.3, -0.25) is 33.6 Å². The summed E-state index contributed by atoms with van der Waals surface area (Å²) in [6.07, 6.45) is 0.461. The van der Waals surface area contributed by atoms with Crippen molar-refractivity contribution in [3.05, 3.63) is 99.8 Å². The largest absolute Gasteiger partial charge is 0.507 e. The van der Waals surface area contributed by atoms with Crippen molar-refractivity contribution in [1.82, 2.24) is 46.5 Å². The molecule has 0 radical (unpaired) electrons. The molecule has 5 aromatic rings. The number of aliphatic hydroxyl groups is 1. The molecule has 3 aromatic carbocycles. The molecule has 0 unspecified atom stereocenters. The van der Waals surface area contributed by atoms with Gasteiger partial charge in [0, 0.05) is 63.9 Å². The predicted octanol–water partition coefficient (Wildman–Crippen LogP) is 3.93. The third-order valence-electron chi connectivity index (χ3n) is 14.3. The maximum atomic E-state index is 14.7.